The molecule has 0 aliphatic rings. The summed E-state index contributed by atoms with van der Waals surface area (Å²) in [6.07, 6.45) is 1.88. The standard InChI is InChI=1S/C20H30N4O2.C8H7NS.C2H6/c1-6-16(12-25)10-11-21-19-14(3)15(4)22-20(24-19)23-18-13(2)8-7-9-17(18)26-5;1-6-9-7-4-2-3-5-8(7)10-6;1-2/h7-9,16,25H,6,10-12H2,1-5H3,(H2,21,22,23,24);2-5H,1H3;1-2H3/t16-;;/m0../s1. The summed E-state index contributed by atoms with van der Waals surface area (Å²) in [6.45, 7) is 15.1. The molecule has 0 unspecified atom stereocenters. The van der Waals surface area contributed by atoms with Crippen molar-refractivity contribution in [2.24, 2.45) is 5.92 Å². The van der Waals surface area contributed by atoms with Gasteiger partial charge in [0.25, 0.3) is 0 Å². The van der Waals surface area contributed by atoms with E-state index in [2.05, 4.69) is 38.6 Å². The lowest BCUT2D eigenvalue weighted by molar-refractivity contribution is 0.217. The zero-order valence-corrected chi connectivity index (χ0v) is 24.9. The van der Waals surface area contributed by atoms with Gasteiger partial charge in [0.15, 0.2) is 0 Å². The number of thiazole rings is 1. The van der Waals surface area contributed by atoms with E-state index in [9.17, 15) is 5.11 Å². The Morgan fingerprint density at radius 3 is 2.37 bits per heavy atom. The molecule has 0 aliphatic carbocycles. The van der Waals surface area contributed by atoms with Gasteiger partial charge in [-0.25, -0.2) is 9.97 Å². The predicted octanol–water partition coefficient (Wildman–Crippen LogP) is 7.61. The Morgan fingerprint density at radius 1 is 0.974 bits per heavy atom. The first kappa shape index (κ1) is 31.0. The number of hydrogen-bond acceptors (Lipinski definition) is 8. The first-order valence-corrected chi connectivity index (χ1v) is 14.1. The van der Waals surface area contributed by atoms with Gasteiger partial charge < -0.3 is 20.5 Å². The number of methoxy groups -OCH3 is 1. The molecule has 0 spiro atoms. The number of rotatable bonds is 9. The fraction of sp³-hybridized carbons (Fsp3) is 0.433. The maximum Gasteiger partial charge on any atom is 0.229 e. The van der Waals surface area contributed by atoms with Crippen LogP contribution in [0.1, 0.15) is 55.4 Å². The lowest BCUT2D eigenvalue weighted by atomic mass is 10.0. The van der Waals surface area contributed by atoms with E-state index in [1.165, 1.54) is 4.70 Å². The van der Waals surface area contributed by atoms with Crippen molar-refractivity contribution in [3.63, 3.8) is 0 Å². The van der Waals surface area contributed by atoms with Gasteiger partial charge in [-0.2, -0.15) is 4.98 Å². The van der Waals surface area contributed by atoms with Crippen molar-refractivity contribution in [3.05, 3.63) is 64.3 Å². The van der Waals surface area contributed by atoms with E-state index in [1.54, 1.807) is 18.4 Å². The van der Waals surface area contributed by atoms with Crippen LogP contribution in [0.3, 0.4) is 0 Å². The molecule has 3 N–H and O–H groups in total. The van der Waals surface area contributed by atoms with Gasteiger partial charge in [-0.15, -0.1) is 11.3 Å². The Morgan fingerprint density at radius 2 is 1.71 bits per heavy atom. The summed E-state index contributed by atoms with van der Waals surface area (Å²) in [4.78, 5) is 13.5. The molecule has 4 aromatic rings. The van der Waals surface area contributed by atoms with Crippen LogP contribution in [0.15, 0.2) is 42.5 Å². The van der Waals surface area contributed by atoms with Gasteiger partial charge in [0.2, 0.25) is 5.95 Å². The number of para-hydroxylation sites is 2. The number of aromatic nitrogens is 3. The summed E-state index contributed by atoms with van der Waals surface area (Å²) in [7, 11) is 1.65. The van der Waals surface area contributed by atoms with Crippen molar-refractivity contribution >= 4 is 39.0 Å². The number of nitrogens with one attached hydrogen (secondary N) is 2. The minimum absolute atomic E-state index is 0.222. The van der Waals surface area contributed by atoms with E-state index in [-0.39, 0.29) is 6.61 Å². The van der Waals surface area contributed by atoms with E-state index in [1.807, 2.05) is 77.9 Å². The number of benzene rings is 2. The predicted molar refractivity (Wildman–Crippen MR) is 162 cm³/mol. The molecule has 2 aromatic carbocycles. The van der Waals surface area contributed by atoms with Gasteiger partial charge in [-0.1, -0.05) is 51.5 Å². The second-order valence-corrected chi connectivity index (χ2v) is 9.99. The lowest BCUT2D eigenvalue weighted by Crippen LogP contribution is -2.14. The molecule has 1 atom stereocenters. The fourth-order valence-electron chi connectivity index (χ4n) is 3.75. The van der Waals surface area contributed by atoms with Gasteiger partial charge in [0.1, 0.15) is 11.6 Å². The summed E-state index contributed by atoms with van der Waals surface area (Å²) in [6, 6.07) is 14.1. The number of aryl methyl sites for hydroxylation is 3. The van der Waals surface area contributed by atoms with Crippen molar-refractivity contribution in [1.29, 1.82) is 0 Å². The van der Waals surface area contributed by atoms with Crippen molar-refractivity contribution in [2.75, 3.05) is 30.9 Å². The molecular formula is C30H43N5O2S. The largest absolute Gasteiger partial charge is 0.495 e. The third-order valence-corrected chi connectivity index (χ3v) is 7.11. The van der Waals surface area contributed by atoms with Crippen LogP contribution in [0, 0.1) is 33.6 Å². The molecule has 0 bridgehead atoms. The molecular weight excluding hydrogens is 494 g/mol. The number of hydrogen-bond donors (Lipinski definition) is 3. The number of anilines is 3. The maximum atomic E-state index is 9.33. The highest BCUT2D eigenvalue weighted by molar-refractivity contribution is 7.18. The van der Waals surface area contributed by atoms with Crippen LogP contribution in [-0.2, 0) is 0 Å². The van der Waals surface area contributed by atoms with Gasteiger partial charge in [-0.05, 0) is 63.8 Å². The number of aliphatic hydroxyl groups excluding tert-OH is 1. The van der Waals surface area contributed by atoms with E-state index in [4.69, 9.17) is 4.74 Å². The topological polar surface area (TPSA) is 92.2 Å². The number of aliphatic hydroxyl groups is 1. The van der Waals surface area contributed by atoms with Gasteiger partial charge in [0.05, 0.1) is 28.0 Å². The van der Waals surface area contributed by atoms with Gasteiger partial charge >= 0.3 is 0 Å². The molecule has 0 fully saturated rings. The highest BCUT2D eigenvalue weighted by Gasteiger charge is 2.12. The monoisotopic (exact) mass is 537 g/mol. The molecule has 206 valence electrons. The molecule has 4 rings (SSSR count). The normalized spacial score (nSPS) is 11.1. The molecule has 0 aliphatic heterocycles. The van der Waals surface area contributed by atoms with E-state index >= 15 is 0 Å². The second kappa shape index (κ2) is 15.9. The summed E-state index contributed by atoms with van der Waals surface area (Å²) in [5.74, 6) is 2.44. The fourth-order valence-corrected chi connectivity index (χ4v) is 4.57. The first-order chi connectivity index (χ1) is 18.4. The van der Waals surface area contributed by atoms with Crippen molar-refractivity contribution in [1.82, 2.24) is 15.0 Å². The molecule has 38 heavy (non-hydrogen) atoms. The molecule has 0 saturated heterocycles. The Balaban J connectivity index is 0.000000347. The van der Waals surface area contributed by atoms with E-state index in [0.717, 1.165) is 64.0 Å². The average Bonchev–Trinajstić information content (AvgIpc) is 3.32. The average molecular weight is 538 g/mol. The van der Waals surface area contributed by atoms with Gasteiger partial charge in [-0.3, -0.25) is 0 Å². The summed E-state index contributed by atoms with van der Waals surface area (Å²) in [5.41, 5.74) is 5.01. The molecule has 0 amide bonds. The first-order valence-electron chi connectivity index (χ1n) is 13.3. The van der Waals surface area contributed by atoms with Crippen LogP contribution in [0.2, 0.25) is 0 Å². The Labute approximate surface area is 231 Å². The van der Waals surface area contributed by atoms with Crippen molar-refractivity contribution < 1.29 is 9.84 Å². The molecule has 2 heterocycles. The third-order valence-electron chi connectivity index (χ3n) is 6.16. The number of nitrogens with zero attached hydrogens (tertiary/aromatic N) is 3. The van der Waals surface area contributed by atoms with E-state index in [0.29, 0.717) is 11.9 Å². The third kappa shape index (κ3) is 8.67. The molecule has 0 saturated carbocycles. The SMILES string of the molecule is CC.CC[C@H](CO)CCNc1nc(Nc2c(C)cccc2OC)nc(C)c1C.Cc1nc2ccccc2s1. The molecule has 0 radical (unpaired) electrons. The van der Waals surface area contributed by atoms with Crippen LogP contribution in [0.5, 0.6) is 5.75 Å². The minimum atomic E-state index is 0.222. The van der Waals surface area contributed by atoms with Crippen LogP contribution in [-0.4, -0.2) is 40.3 Å². The maximum absolute atomic E-state index is 9.33. The quantitative estimate of drug-likeness (QED) is 0.202. The Kier molecular flexibility index (Phi) is 13.0. The Bertz CT molecular complexity index is 1240. The smallest absolute Gasteiger partial charge is 0.229 e. The van der Waals surface area contributed by atoms with Crippen LogP contribution in [0.4, 0.5) is 17.5 Å². The second-order valence-electron chi connectivity index (χ2n) is 8.76. The van der Waals surface area contributed by atoms with Gasteiger partial charge in [0, 0.05) is 24.4 Å². The number of fused-ring (bicyclic) bond motifs is 1. The zero-order valence-electron chi connectivity index (χ0n) is 24.1. The Hall–Kier alpha value is -3.23. The molecule has 7 nitrogen and oxygen atoms in total. The van der Waals surface area contributed by atoms with E-state index < -0.39 is 0 Å². The van der Waals surface area contributed by atoms with Crippen LogP contribution < -0.4 is 15.4 Å². The highest BCUT2D eigenvalue weighted by Crippen LogP contribution is 2.30. The van der Waals surface area contributed by atoms with Crippen molar-refractivity contribution in [3.8, 4) is 5.75 Å². The summed E-state index contributed by atoms with van der Waals surface area (Å²) in [5, 5.41) is 17.2. The minimum Gasteiger partial charge on any atom is -0.495 e. The summed E-state index contributed by atoms with van der Waals surface area (Å²) < 4.78 is 6.72. The molecule has 8 heteroatoms. The summed E-state index contributed by atoms with van der Waals surface area (Å²) >= 11 is 1.74. The highest BCUT2D eigenvalue weighted by atomic mass is 32.1. The van der Waals surface area contributed by atoms with Crippen LogP contribution >= 0.6 is 11.3 Å². The lowest BCUT2D eigenvalue weighted by Gasteiger charge is -2.17. The number of ether oxygens (including phenoxy) is 1. The molecule has 2 aromatic heterocycles. The zero-order chi connectivity index (χ0) is 28.1. The van der Waals surface area contributed by atoms with Crippen LogP contribution in [0.25, 0.3) is 10.2 Å². The van der Waals surface area contributed by atoms with Crippen molar-refractivity contribution in [2.45, 2.75) is 61.3 Å².